The molecule has 0 aliphatic heterocycles. The first-order chi connectivity index (χ1) is 11.8. The van der Waals surface area contributed by atoms with Gasteiger partial charge in [-0.25, -0.2) is 0 Å². The van der Waals surface area contributed by atoms with Crippen molar-refractivity contribution in [2.75, 3.05) is 6.61 Å². The molecular formula is C22H46O2. The molecule has 0 radical (unpaired) electrons. The maximum atomic E-state index is 9.24. The lowest BCUT2D eigenvalue weighted by Crippen LogP contribution is -2.10. The molecule has 0 aromatic rings. The van der Waals surface area contributed by atoms with Gasteiger partial charge in [-0.2, -0.15) is 0 Å². The number of unbranched alkanes of at least 4 members (excludes halogenated alkanes) is 17. The van der Waals surface area contributed by atoms with Crippen molar-refractivity contribution in [1.29, 1.82) is 0 Å². The summed E-state index contributed by atoms with van der Waals surface area (Å²) in [4.78, 5) is 0. The third-order valence-electron chi connectivity index (χ3n) is 5.10. The molecule has 0 spiro atoms. The van der Waals surface area contributed by atoms with Crippen molar-refractivity contribution < 1.29 is 10.2 Å². The molecule has 146 valence electrons. The number of hydrogen-bond donors (Lipinski definition) is 2. The minimum atomic E-state index is -0.494. The zero-order valence-corrected chi connectivity index (χ0v) is 16.6. The van der Waals surface area contributed by atoms with E-state index >= 15 is 0 Å². The summed E-state index contributed by atoms with van der Waals surface area (Å²) in [7, 11) is 0. The Labute approximate surface area is 152 Å². The molecule has 1 atom stereocenters. The molecule has 0 unspecified atom stereocenters. The van der Waals surface area contributed by atoms with E-state index in [4.69, 9.17) is 5.11 Å². The van der Waals surface area contributed by atoms with E-state index in [1.165, 1.54) is 109 Å². The average molecular weight is 343 g/mol. The molecule has 0 heterocycles. The highest BCUT2D eigenvalue weighted by Gasteiger charge is 2.00. The molecule has 0 saturated heterocycles. The van der Waals surface area contributed by atoms with E-state index in [1.807, 2.05) is 0 Å². The molecule has 0 aliphatic rings. The van der Waals surface area contributed by atoms with Gasteiger partial charge in [-0.15, -0.1) is 0 Å². The number of aliphatic hydroxyl groups is 2. The normalized spacial score (nSPS) is 12.6. The number of aliphatic hydroxyl groups excluding tert-OH is 2. The fraction of sp³-hybridized carbons (Fsp3) is 1.00. The Morgan fingerprint density at radius 3 is 1.08 bits per heavy atom. The van der Waals surface area contributed by atoms with Crippen LogP contribution in [0.4, 0.5) is 0 Å². The van der Waals surface area contributed by atoms with Crippen LogP contribution in [0.5, 0.6) is 0 Å². The van der Waals surface area contributed by atoms with Gasteiger partial charge in [0.05, 0.1) is 12.7 Å². The summed E-state index contributed by atoms with van der Waals surface area (Å²) in [6.45, 7) is 2.20. The van der Waals surface area contributed by atoms with Crippen LogP contribution in [0.15, 0.2) is 0 Å². The van der Waals surface area contributed by atoms with Crippen LogP contribution in [0.25, 0.3) is 0 Å². The van der Waals surface area contributed by atoms with Gasteiger partial charge in [0.1, 0.15) is 0 Å². The van der Waals surface area contributed by atoms with Crippen LogP contribution < -0.4 is 0 Å². The maximum absolute atomic E-state index is 9.24. The molecule has 2 nitrogen and oxygen atoms in total. The quantitative estimate of drug-likeness (QED) is 0.240. The molecule has 0 saturated carbocycles. The Hall–Kier alpha value is -0.0800. The second-order valence-electron chi connectivity index (χ2n) is 7.64. The summed E-state index contributed by atoms with van der Waals surface area (Å²) in [5.74, 6) is 0. The van der Waals surface area contributed by atoms with Crippen molar-refractivity contribution in [3.63, 3.8) is 0 Å². The highest BCUT2D eigenvalue weighted by Crippen LogP contribution is 2.14. The smallest absolute Gasteiger partial charge is 0.0770 e. The van der Waals surface area contributed by atoms with Crippen LogP contribution in [-0.2, 0) is 0 Å². The van der Waals surface area contributed by atoms with Crippen LogP contribution in [0.3, 0.4) is 0 Å². The SMILES string of the molecule is CCCCCCCCCCCCCCCCCCCC[C@@H](O)CO. The maximum Gasteiger partial charge on any atom is 0.0770 e. The van der Waals surface area contributed by atoms with Crippen LogP contribution in [0, 0.1) is 0 Å². The van der Waals surface area contributed by atoms with Crippen molar-refractivity contribution in [3.05, 3.63) is 0 Å². The van der Waals surface area contributed by atoms with Crippen molar-refractivity contribution in [2.45, 2.75) is 135 Å². The van der Waals surface area contributed by atoms with Crippen molar-refractivity contribution >= 4 is 0 Å². The van der Waals surface area contributed by atoms with Crippen LogP contribution in [0.1, 0.15) is 129 Å². The summed E-state index contributed by atoms with van der Waals surface area (Å²) in [6.07, 6.45) is 25.2. The highest BCUT2D eigenvalue weighted by atomic mass is 16.3. The van der Waals surface area contributed by atoms with Crippen LogP contribution >= 0.6 is 0 Å². The van der Waals surface area contributed by atoms with Gasteiger partial charge in [0.15, 0.2) is 0 Å². The predicted molar refractivity (Wildman–Crippen MR) is 106 cm³/mol. The van der Waals surface area contributed by atoms with Gasteiger partial charge in [0, 0.05) is 0 Å². The minimum Gasteiger partial charge on any atom is -0.394 e. The Bertz CT molecular complexity index is 218. The van der Waals surface area contributed by atoms with Crippen LogP contribution in [-0.4, -0.2) is 22.9 Å². The zero-order valence-electron chi connectivity index (χ0n) is 16.6. The van der Waals surface area contributed by atoms with E-state index < -0.39 is 6.10 Å². The molecule has 0 rings (SSSR count). The monoisotopic (exact) mass is 342 g/mol. The van der Waals surface area contributed by atoms with E-state index in [-0.39, 0.29) is 6.61 Å². The molecule has 0 bridgehead atoms. The van der Waals surface area contributed by atoms with E-state index in [9.17, 15) is 5.11 Å². The second-order valence-corrected chi connectivity index (χ2v) is 7.64. The number of rotatable bonds is 20. The number of hydrogen-bond acceptors (Lipinski definition) is 2. The third-order valence-corrected chi connectivity index (χ3v) is 5.10. The predicted octanol–water partition coefficient (Wildman–Crippen LogP) is 6.77. The Morgan fingerprint density at radius 1 is 0.500 bits per heavy atom. The fourth-order valence-corrected chi connectivity index (χ4v) is 3.37. The summed E-state index contributed by atoms with van der Waals surface area (Å²) >= 11 is 0. The first-order valence-electron chi connectivity index (χ1n) is 11.1. The van der Waals surface area contributed by atoms with E-state index in [0.717, 1.165) is 12.8 Å². The molecular weight excluding hydrogens is 296 g/mol. The average Bonchev–Trinajstić information content (AvgIpc) is 2.60. The largest absolute Gasteiger partial charge is 0.394 e. The lowest BCUT2D eigenvalue weighted by atomic mass is 10.0. The minimum absolute atomic E-state index is 0.0844. The van der Waals surface area contributed by atoms with Gasteiger partial charge in [0.2, 0.25) is 0 Å². The van der Waals surface area contributed by atoms with Crippen molar-refractivity contribution in [2.24, 2.45) is 0 Å². The fourth-order valence-electron chi connectivity index (χ4n) is 3.37. The van der Waals surface area contributed by atoms with Gasteiger partial charge in [-0.05, 0) is 6.42 Å². The molecule has 2 N–H and O–H groups in total. The molecule has 2 heteroatoms. The Kier molecular flexibility index (Phi) is 20.9. The molecule has 0 amide bonds. The molecule has 24 heavy (non-hydrogen) atoms. The summed E-state index contributed by atoms with van der Waals surface area (Å²) in [5.41, 5.74) is 0. The molecule has 0 fully saturated rings. The highest BCUT2D eigenvalue weighted by molar-refractivity contribution is 4.54. The van der Waals surface area contributed by atoms with Gasteiger partial charge >= 0.3 is 0 Å². The first kappa shape index (κ1) is 23.9. The van der Waals surface area contributed by atoms with E-state index in [2.05, 4.69) is 6.92 Å². The van der Waals surface area contributed by atoms with Crippen molar-refractivity contribution in [3.8, 4) is 0 Å². The summed E-state index contributed by atoms with van der Waals surface area (Å²) in [6, 6.07) is 0. The third kappa shape index (κ3) is 20.0. The topological polar surface area (TPSA) is 40.5 Å². The van der Waals surface area contributed by atoms with Gasteiger partial charge < -0.3 is 10.2 Å². The molecule has 0 aliphatic carbocycles. The van der Waals surface area contributed by atoms with Gasteiger partial charge in [-0.1, -0.05) is 122 Å². The summed E-state index contributed by atoms with van der Waals surface area (Å²) < 4.78 is 0. The standard InChI is InChI=1S/C22H46O2/c1-2-3-4-5-6-7-8-9-10-11-12-13-14-15-16-17-18-19-20-22(24)21-23/h22-24H,2-21H2,1H3/t22-/m1/s1. The van der Waals surface area contributed by atoms with E-state index in [0.29, 0.717) is 0 Å². The molecule has 0 aromatic heterocycles. The summed E-state index contributed by atoms with van der Waals surface area (Å²) in [5, 5.41) is 18.0. The zero-order chi connectivity index (χ0) is 17.7. The second kappa shape index (κ2) is 21.0. The van der Waals surface area contributed by atoms with Gasteiger partial charge in [0.25, 0.3) is 0 Å². The Morgan fingerprint density at radius 2 is 0.792 bits per heavy atom. The lowest BCUT2D eigenvalue weighted by Gasteiger charge is -2.06. The first-order valence-corrected chi connectivity index (χ1v) is 11.1. The van der Waals surface area contributed by atoms with Gasteiger partial charge in [-0.3, -0.25) is 0 Å². The van der Waals surface area contributed by atoms with Crippen molar-refractivity contribution in [1.82, 2.24) is 0 Å². The lowest BCUT2D eigenvalue weighted by molar-refractivity contribution is 0.0860. The van der Waals surface area contributed by atoms with Crippen LogP contribution in [0.2, 0.25) is 0 Å². The molecule has 0 aromatic carbocycles. The Balaban J connectivity index is 2.98. The van der Waals surface area contributed by atoms with E-state index in [1.54, 1.807) is 0 Å².